The van der Waals surface area contributed by atoms with Gasteiger partial charge in [0.05, 0.1) is 5.69 Å². The molecule has 0 radical (unpaired) electrons. The smallest absolute Gasteiger partial charge is 0.0683 e. The van der Waals surface area contributed by atoms with Crippen molar-refractivity contribution in [3.8, 4) is 0 Å². The number of para-hydroxylation sites is 1. The van der Waals surface area contributed by atoms with Gasteiger partial charge in [0.2, 0.25) is 0 Å². The summed E-state index contributed by atoms with van der Waals surface area (Å²) >= 11 is 0. The fourth-order valence-corrected chi connectivity index (χ4v) is 1.65. The highest BCUT2D eigenvalue weighted by atomic mass is 14.7. The fourth-order valence-electron chi connectivity index (χ4n) is 1.65. The van der Waals surface area contributed by atoms with Crippen LogP contribution in [0, 0.1) is 13.8 Å². The summed E-state index contributed by atoms with van der Waals surface area (Å²) in [5.74, 6) is 0. The molecule has 0 unspecified atom stereocenters. The van der Waals surface area contributed by atoms with E-state index in [9.17, 15) is 0 Å². The molecule has 0 aromatic heterocycles. The van der Waals surface area contributed by atoms with Gasteiger partial charge in [-0.25, -0.2) is 0 Å². The van der Waals surface area contributed by atoms with Gasteiger partial charge in [0.15, 0.2) is 0 Å². The Morgan fingerprint density at radius 2 is 1.80 bits per heavy atom. The molecule has 0 atom stereocenters. The molecule has 1 aromatic carbocycles. The van der Waals surface area contributed by atoms with Crippen LogP contribution >= 0.6 is 0 Å². The number of aryl methyl sites for hydroxylation is 2. The summed E-state index contributed by atoms with van der Waals surface area (Å²) in [6, 6.07) is 6.32. The zero-order valence-electron chi connectivity index (χ0n) is 10.1. The van der Waals surface area contributed by atoms with E-state index in [-0.39, 0.29) is 0 Å². The Morgan fingerprint density at radius 3 is 2.40 bits per heavy atom. The maximum Gasteiger partial charge on any atom is 0.0683 e. The van der Waals surface area contributed by atoms with Crippen molar-refractivity contribution in [1.82, 2.24) is 0 Å². The molecular weight excluding hydrogens is 182 g/mol. The number of benzene rings is 1. The van der Waals surface area contributed by atoms with E-state index in [0.717, 1.165) is 12.1 Å². The minimum atomic E-state index is 1.10. The Balaban J connectivity index is 2.56. The van der Waals surface area contributed by atoms with E-state index in [1.807, 2.05) is 0 Å². The Labute approximate surface area is 93.2 Å². The molecule has 0 N–H and O–H groups in total. The van der Waals surface area contributed by atoms with E-state index in [0.29, 0.717) is 0 Å². The predicted octanol–water partition coefficient (Wildman–Crippen LogP) is 4.59. The largest absolute Gasteiger partial charge is 0.261 e. The summed E-state index contributed by atoms with van der Waals surface area (Å²) in [6.45, 7) is 6.46. The van der Waals surface area contributed by atoms with Crippen LogP contribution in [0.4, 0.5) is 5.69 Å². The van der Waals surface area contributed by atoms with Crippen molar-refractivity contribution in [3.63, 3.8) is 0 Å². The lowest BCUT2D eigenvalue weighted by atomic mass is 10.1. The molecule has 0 bridgehead atoms. The van der Waals surface area contributed by atoms with Crippen LogP contribution in [0.15, 0.2) is 23.2 Å². The molecule has 0 spiro atoms. The zero-order chi connectivity index (χ0) is 11.1. The first-order valence-corrected chi connectivity index (χ1v) is 5.84. The van der Waals surface area contributed by atoms with Crippen LogP contribution < -0.4 is 0 Å². The van der Waals surface area contributed by atoms with E-state index in [1.165, 1.54) is 30.4 Å². The molecule has 0 saturated carbocycles. The van der Waals surface area contributed by atoms with Gasteiger partial charge in [-0.3, -0.25) is 4.99 Å². The minimum Gasteiger partial charge on any atom is -0.261 e. The molecule has 1 rings (SSSR count). The van der Waals surface area contributed by atoms with Crippen molar-refractivity contribution in [2.45, 2.75) is 46.5 Å². The standard InChI is InChI=1S/C14H21N/c1-4-5-6-7-11-15-14-12(2)9-8-10-13(14)3/h8-11H,4-7H2,1-3H3. The Morgan fingerprint density at radius 1 is 1.13 bits per heavy atom. The molecule has 0 saturated heterocycles. The van der Waals surface area contributed by atoms with Gasteiger partial charge in [0.1, 0.15) is 0 Å². The monoisotopic (exact) mass is 203 g/mol. The maximum atomic E-state index is 4.55. The minimum absolute atomic E-state index is 1.10. The SMILES string of the molecule is CCCCCC=Nc1c(C)cccc1C. The molecular formula is C14H21N. The summed E-state index contributed by atoms with van der Waals surface area (Å²) in [6.07, 6.45) is 6.99. The average molecular weight is 203 g/mol. The molecule has 1 aromatic rings. The second kappa shape index (κ2) is 6.39. The topological polar surface area (TPSA) is 12.4 Å². The van der Waals surface area contributed by atoms with Crippen molar-refractivity contribution < 1.29 is 0 Å². The van der Waals surface area contributed by atoms with E-state index in [4.69, 9.17) is 0 Å². The summed E-state index contributed by atoms with van der Waals surface area (Å²) in [7, 11) is 0. The molecule has 1 heteroatoms. The van der Waals surface area contributed by atoms with Gasteiger partial charge in [-0.1, -0.05) is 38.0 Å². The van der Waals surface area contributed by atoms with Crippen molar-refractivity contribution in [1.29, 1.82) is 0 Å². The van der Waals surface area contributed by atoms with Gasteiger partial charge in [0, 0.05) is 6.21 Å². The van der Waals surface area contributed by atoms with Crippen LogP contribution in [-0.4, -0.2) is 6.21 Å². The second-order valence-electron chi connectivity index (χ2n) is 4.05. The quantitative estimate of drug-likeness (QED) is 0.490. The summed E-state index contributed by atoms with van der Waals surface area (Å²) < 4.78 is 0. The lowest BCUT2D eigenvalue weighted by Gasteiger charge is -2.03. The molecule has 0 heterocycles. The fraction of sp³-hybridized carbons (Fsp3) is 0.500. The Hall–Kier alpha value is -1.11. The van der Waals surface area contributed by atoms with Crippen LogP contribution in [0.2, 0.25) is 0 Å². The lowest BCUT2D eigenvalue weighted by Crippen LogP contribution is -1.82. The number of unbranched alkanes of at least 4 members (excludes halogenated alkanes) is 3. The van der Waals surface area contributed by atoms with Crippen molar-refractivity contribution in [2.24, 2.45) is 4.99 Å². The van der Waals surface area contributed by atoms with Gasteiger partial charge in [-0.2, -0.15) is 0 Å². The average Bonchev–Trinajstić information content (AvgIpc) is 2.21. The lowest BCUT2D eigenvalue weighted by molar-refractivity contribution is 0.746. The number of hydrogen-bond donors (Lipinski definition) is 0. The van der Waals surface area contributed by atoms with Crippen molar-refractivity contribution in [3.05, 3.63) is 29.3 Å². The number of rotatable bonds is 5. The third kappa shape index (κ3) is 3.86. The molecule has 0 aliphatic rings. The molecule has 0 aliphatic heterocycles. The highest BCUT2D eigenvalue weighted by Crippen LogP contribution is 2.22. The Kier molecular flexibility index (Phi) is 5.09. The molecule has 0 fully saturated rings. The second-order valence-corrected chi connectivity index (χ2v) is 4.05. The third-order valence-corrected chi connectivity index (χ3v) is 2.60. The van der Waals surface area contributed by atoms with Gasteiger partial charge in [-0.15, -0.1) is 0 Å². The van der Waals surface area contributed by atoms with E-state index in [2.05, 4.69) is 50.2 Å². The van der Waals surface area contributed by atoms with Crippen molar-refractivity contribution >= 4 is 11.9 Å². The summed E-state index contributed by atoms with van der Waals surface area (Å²) in [4.78, 5) is 4.55. The van der Waals surface area contributed by atoms with Gasteiger partial charge >= 0.3 is 0 Å². The van der Waals surface area contributed by atoms with E-state index >= 15 is 0 Å². The third-order valence-electron chi connectivity index (χ3n) is 2.60. The number of hydrogen-bond acceptors (Lipinski definition) is 1. The number of aliphatic imine (C=N–C) groups is 1. The summed E-state index contributed by atoms with van der Waals surface area (Å²) in [5.41, 5.74) is 3.68. The first-order chi connectivity index (χ1) is 7.25. The van der Waals surface area contributed by atoms with Crippen LogP contribution in [0.1, 0.15) is 43.7 Å². The van der Waals surface area contributed by atoms with Crippen LogP contribution in [0.5, 0.6) is 0 Å². The molecule has 82 valence electrons. The maximum absolute atomic E-state index is 4.55. The van der Waals surface area contributed by atoms with E-state index < -0.39 is 0 Å². The van der Waals surface area contributed by atoms with Gasteiger partial charge in [-0.05, 0) is 37.8 Å². The van der Waals surface area contributed by atoms with E-state index in [1.54, 1.807) is 0 Å². The van der Waals surface area contributed by atoms with Crippen LogP contribution in [0.25, 0.3) is 0 Å². The zero-order valence-corrected chi connectivity index (χ0v) is 10.1. The number of nitrogens with zero attached hydrogens (tertiary/aromatic N) is 1. The van der Waals surface area contributed by atoms with Crippen LogP contribution in [0.3, 0.4) is 0 Å². The van der Waals surface area contributed by atoms with Gasteiger partial charge < -0.3 is 0 Å². The predicted molar refractivity (Wildman–Crippen MR) is 68.2 cm³/mol. The molecule has 15 heavy (non-hydrogen) atoms. The molecule has 0 amide bonds. The van der Waals surface area contributed by atoms with Crippen LogP contribution in [-0.2, 0) is 0 Å². The van der Waals surface area contributed by atoms with Crippen molar-refractivity contribution in [2.75, 3.05) is 0 Å². The summed E-state index contributed by atoms with van der Waals surface area (Å²) in [5, 5.41) is 0. The normalized spacial score (nSPS) is 11.1. The highest BCUT2D eigenvalue weighted by Gasteiger charge is 1.97. The first kappa shape index (κ1) is 12.0. The first-order valence-electron chi connectivity index (χ1n) is 5.84. The van der Waals surface area contributed by atoms with Gasteiger partial charge in [0.25, 0.3) is 0 Å². The Bertz CT molecular complexity index is 306. The molecule has 1 nitrogen and oxygen atoms in total. The molecule has 0 aliphatic carbocycles. The highest BCUT2D eigenvalue weighted by molar-refractivity contribution is 5.66.